The molecule has 2 aromatic carbocycles. The Kier molecular flexibility index (Phi) is 5.19. The van der Waals surface area contributed by atoms with Crippen molar-refractivity contribution in [1.29, 1.82) is 0 Å². The number of benzene rings is 2. The van der Waals surface area contributed by atoms with Gasteiger partial charge in [-0.2, -0.15) is 0 Å². The largest absolute Gasteiger partial charge is 0.283 e. The van der Waals surface area contributed by atoms with Gasteiger partial charge in [0.2, 0.25) is 5.91 Å². The molecular formula is C23H20Cl2N2OS. The summed E-state index contributed by atoms with van der Waals surface area (Å²) in [6.07, 6.45) is 5.45. The van der Waals surface area contributed by atoms with Crippen molar-refractivity contribution in [2.45, 2.75) is 31.3 Å². The van der Waals surface area contributed by atoms with Crippen molar-refractivity contribution >= 4 is 52.1 Å². The Bertz CT molecular complexity index is 1000. The summed E-state index contributed by atoms with van der Waals surface area (Å²) < 4.78 is 0. The summed E-state index contributed by atoms with van der Waals surface area (Å²) in [5.74, 6) is 0.898. The molecule has 1 saturated heterocycles. The van der Waals surface area contributed by atoms with Gasteiger partial charge in [-0.15, -0.1) is 0 Å². The van der Waals surface area contributed by atoms with Crippen molar-refractivity contribution in [2.75, 3.05) is 5.75 Å². The normalized spacial score (nSPS) is 27.6. The molecule has 29 heavy (non-hydrogen) atoms. The lowest BCUT2D eigenvalue weighted by atomic mass is 9.73. The smallest absolute Gasteiger partial charge is 0.239 e. The van der Waals surface area contributed by atoms with E-state index < -0.39 is 0 Å². The molecule has 1 aliphatic carbocycles. The molecular weight excluding hydrogens is 423 g/mol. The van der Waals surface area contributed by atoms with Gasteiger partial charge in [-0.25, -0.2) is 0 Å². The maximum Gasteiger partial charge on any atom is 0.239 e. The second kappa shape index (κ2) is 7.82. The second-order valence-electron chi connectivity index (χ2n) is 7.73. The van der Waals surface area contributed by atoms with Crippen molar-refractivity contribution in [3.8, 4) is 0 Å². The van der Waals surface area contributed by atoms with Gasteiger partial charge in [0.05, 0.1) is 17.8 Å². The highest BCUT2D eigenvalue weighted by atomic mass is 35.5. The van der Waals surface area contributed by atoms with Crippen LogP contribution in [-0.4, -0.2) is 27.8 Å². The third-order valence-corrected chi connectivity index (χ3v) is 7.41. The second-order valence-corrected chi connectivity index (χ2v) is 9.55. The van der Waals surface area contributed by atoms with E-state index in [-0.39, 0.29) is 23.9 Å². The minimum Gasteiger partial charge on any atom is -0.283 e. The van der Waals surface area contributed by atoms with Gasteiger partial charge in [0.15, 0.2) is 5.17 Å². The van der Waals surface area contributed by atoms with Gasteiger partial charge in [0.1, 0.15) is 0 Å². The first-order valence-electron chi connectivity index (χ1n) is 9.84. The van der Waals surface area contributed by atoms with Crippen LogP contribution in [0.2, 0.25) is 10.0 Å². The molecule has 1 saturated carbocycles. The Hall–Kier alpha value is -1.75. The van der Waals surface area contributed by atoms with Crippen molar-refractivity contribution in [1.82, 2.24) is 4.90 Å². The molecule has 0 radical (unpaired) electrons. The molecule has 0 N–H and O–H groups in total. The van der Waals surface area contributed by atoms with E-state index >= 15 is 0 Å². The van der Waals surface area contributed by atoms with E-state index in [9.17, 15) is 4.79 Å². The molecule has 1 amide bonds. The molecule has 0 spiro atoms. The molecule has 3 nitrogen and oxygen atoms in total. The summed E-state index contributed by atoms with van der Waals surface area (Å²) in [6, 6.07) is 16.0. The first-order chi connectivity index (χ1) is 14.1. The van der Waals surface area contributed by atoms with Gasteiger partial charge in [-0.1, -0.05) is 65.3 Å². The van der Waals surface area contributed by atoms with Crippen LogP contribution in [0.4, 0.5) is 0 Å². The zero-order valence-electron chi connectivity index (χ0n) is 15.7. The Morgan fingerprint density at radius 3 is 2.45 bits per heavy atom. The van der Waals surface area contributed by atoms with Crippen LogP contribution in [0.25, 0.3) is 6.08 Å². The minimum absolute atomic E-state index is 0.0150. The molecule has 6 heteroatoms. The lowest BCUT2D eigenvalue weighted by Crippen LogP contribution is -2.47. The van der Waals surface area contributed by atoms with Crippen molar-refractivity contribution in [3.05, 3.63) is 75.3 Å². The topological polar surface area (TPSA) is 32.7 Å². The molecule has 0 aromatic heterocycles. The fourth-order valence-corrected chi connectivity index (χ4v) is 5.86. The summed E-state index contributed by atoms with van der Waals surface area (Å²) in [5.41, 5.74) is 3.63. The molecule has 148 valence electrons. The number of hydrogen-bond acceptors (Lipinski definition) is 3. The summed E-state index contributed by atoms with van der Waals surface area (Å²) in [7, 11) is 0. The zero-order valence-corrected chi connectivity index (χ0v) is 18.1. The molecule has 3 aliphatic rings. The fraction of sp³-hybridized carbons (Fsp3) is 0.304. The number of thioether (sulfide) groups is 1. The number of amides is 1. The predicted molar refractivity (Wildman–Crippen MR) is 121 cm³/mol. The summed E-state index contributed by atoms with van der Waals surface area (Å²) in [5, 5.41) is 2.31. The molecule has 2 aliphatic heterocycles. The van der Waals surface area contributed by atoms with Gasteiger partial charge in [-0.3, -0.25) is 14.7 Å². The van der Waals surface area contributed by atoms with E-state index in [1.54, 1.807) is 11.8 Å². The van der Waals surface area contributed by atoms with Gasteiger partial charge >= 0.3 is 0 Å². The fourth-order valence-electron chi connectivity index (χ4n) is 4.67. The van der Waals surface area contributed by atoms with Crippen molar-refractivity contribution < 1.29 is 4.79 Å². The Morgan fingerprint density at radius 2 is 1.72 bits per heavy atom. The maximum atomic E-state index is 12.7. The average Bonchev–Trinajstić information content (AvgIpc) is 3.10. The van der Waals surface area contributed by atoms with Crippen LogP contribution in [0.3, 0.4) is 0 Å². The van der Waals surface area contributed by atoms with Crippen LogP contribution in [-0.2, 0) is 4.79 Å². The molecule has 2 heterocycles. The van der Waals surface area contributed by atoms with E-state index in [0.717, 1.165) is 40.6 Å². The third kappa shape index (κ3) is 3.63. The quantitative estimate of drug-likeness (QED) is 0.551. The monoisotopic (exact) mass is 442 g/mol. The van der Waals surface area contributed by atoms with Crippen LogP contribution >= 0.6 is 35.0 Å². The van der Waals surface area contributed by atoms with Gasteiger partial charge < -0.3 is 0 Å². The average molecular weight is 443 g/mol. The van der Waals surface area contributed by atoms with Crippen molar-refractivity contribution in [2.24, 2.45) is 10.9 Å². The summed E-state index contributed by atoms with van der Waals surface area (Å²) >= 11 is 13.7. The zero-order chi connectivity index (χ0) is 20.0. The minimum atomic E-state index is 0.0150. The van der Waals surface area contributed by atoms with E-state index in [1.165, 1.54) is 5.57 Å². The number of carbonyl (C=O) groups is 1. The first-order valence-corrected chi connectivity index (χ1v) is 11.6. The number of rotatable bonds is 2. The van der Waals surface area contributed by atoms with Gasteiger partial charge in [0.25, 0.3) is 0 Å². The SMILES string of the molecule is O=C1CSC2=NC3C(=Cc4ccc(Cl)cc4)CCCC3C(c3ccc(Cl)cc3)N12. The Morgan fingerprint density at radius 1 is 1.03 bits per heavy atom. The number of fused-ring (bicyclic) bond motifs is 2. The number of aliphatic imine (C=N–C) groups is 1. The lowest BCUT2D eigenvalue weighted by molar-refractivity contribution is -0.127. The van der Waals surface area contributed by atoms with E-state index in [0.29, 0.717) is 10.8 Å². The highest BCUT2D eigenvalue weighted by molar-refractivity contribution is 8.15. The standard InChI is InChI=1S/C23H20Cl2N2OS/c24-17-8-4-14(5-9-17)12-16-2-1-3-19-21(16)26-23-27(20(28)13-29-23)22(19)15-6-10-18(25)11-7-15/h4-12,19,21-22H,1-3,13H2. The highest BCUT2D eigenvalue weighted by Gasteiger charge is 2.47. The molecule has 3 unspecified atom stereocenters. The third-order valence-electron chi connectivity index (χ3n) is 5.95. The van der Waals surface area contributed by atoms with Gasteiger partial charge in [0, 0.05) is 16.0 Å². The van der Waals surface area contributed by atoms with E-state index in [2.05, 4.69) is 18.2 Å². The molecule has 2 aromatic rings. The maximum absolute atomic E-state index is 12.7. The Labute approximate surface area is 184 Å². The number of carbonyl (C=O) groups excluding carboxylic acids is 1. The molecule has 0 bridgehead atoms. The van der Waals surface area contributed by atoms with Crippen LogP contribution in [0.1, 0.15) is 36.4 Å². The number of nitrogens with zero attached hydrogens (tertiary/aromatic N) is 2. The van der Waals surface area contributed by atoms with Crippen LogP contribution in [0.15, 0.2) is 59.1 Å². The molecule has 2 fully saturated rings. The number of amidine groups is 1. The number of halogens is 2. The Balaban J connectivity index is 1.57. The van der Waals surface area contributed by atoms with Crippen LogP contribution in [0.5, 0.6) is 0 Å². The summed E-state index contributed by atoms with van der Waals surface area (Å²) in [4.78, 5) is 19.7. The highest BCUT2D eigenvalue weighted by Crippen LogP contribution is 2.48. The van der Waals surface area contributed by atoms with Gasteiger partial charge in [-0.05, 0) is 60.2 Å². The summed E-state index contributed by atoms with van der Waals surface area (Å²) in [6.45, 7) is 0. The van der Waals surface area contributed by atoms with Crippen molar-refractivity contribution in [3.63, 3.8) is 0 Å². The van der Waals surface area contributed by atoms with Crippen LogP contribution in [0, 0.1) is 5.92 Å². The first kappa shape index (κ1) is 19.2. The number of hydrogen-bond donors (Lipinski definition) is 0. The molecule has 5 rings (SSSR count). The van der Waals surface area contributed by atoms with Crippen LogP contribution < -0.4 is 0 Å². The predicted octanol–water partition coefficient (Wildman–Crippen LogP) is 6.23. The van der Waals surface area contributed by atoms with E-state index in [1.807, 2.05) is 41.3 Å². The van der Waals surface area contributed by atoms with E-state index in [4.69, 9.17) is 28.2 Å². The lowest BCUT2D eigenvalue weighted by Gasteiger charge is -2.44. The molecule has 3 atom stereocenters.